The molecule has 5 heteroatoms. The van der Waals surface area contributed by atoms with E-state index in [-0.39, 0.29) is 0 Å². The Bertz CT molecular complexity index is 38.0. The molecule has 0 aliphatic carbocycles. The summed E-state index contributed by atoms with van der Waals surface area (Å²) >= 11 is 0. The van der Waals surface area contributed by atoms with Crippen molar-refractivity contribution in [1.29, 1.82) is 0 Å². The Hall–Kier alpha value is 1.89. The van der Waals surface area contributed by atoms with Crippen molar-refractivity contribution < 1.29 is 0 Å². The maximum absolute atomic E-state index is 1.72. The average molecular weight is 158 g/mol. The SMILES string of the molecule is P1=PPPP1. The smallest absolute Gasteiger partial charge is 0.0357 e. The molecule has 0 radical (unpaired) electrons. The Labute approximate surface area is 39.6 Å². The van der Waals surface area contributed by atoms with Crippen molar-refractivity contribution in [2.24, 2.45) is 0 Å². The molecule has 1 aliphatic rings. The Morgan fingerprint density at radius 3 is 1.80 bits per heavy atom. The van der Waals surface area contributed by atoms with Gasteiger partial charge in [-0.05, 0) is 31.0 Å². The first-order chi connectivity index (χ1) is 2.50. The lowest BCUT2D eigenvalue weighted by Crippen LogP contribution is -0.781. The summed E-state index contributed by atoms with van der Waals surface area (Å²) in [6, 6.07) is 0. The maximum Gasteiger partial charge on any atom is -0.0357 e. The van der Waals surface area contributed by atoms with Crippen LogP contribution in [0.25, 0.3) is 0 Å². The third-order valence-electron chi connectivity index (χ3n) is 0.262. The molecule has 1 rings (SSSR count). The van der Waals surface area contributed by atoms with Crippen LogP contribution in [0.5, 0.6) is 0 Å². The van der Waals surface area contributed by atoms with E-state index in [0.717, 1.165) is 0 Å². The van der Waals surface area contributed by atoms with E-state index in [0.29, 0.717) is 0 Å². The zero-order valence-electron chi connectivity index (χ0n) is 2.39. The Balaban J connectivity index is 2.32. The monoisotopic (exact) mass is 158 g/mol. The fourth-order valence-electron chi connectivity index (χ4n) is 0.125. The Kier molecular flexibility index (Phi) is 2.99. The van der Waals surface area contributed by atoms with E-state index in [1.54, 1.807) is 15.1 Å². The summed E-state index contributed by atoms with van der Waals surface area (Å²) in [5.41, 5.74) is 0. The molecule has 0 aromatic carbocycles. The van der Waals surface area contributed by atoms with E-state index >= 15 is 0 Å². The van der Waals surface area contributed by atoms with Gasteiger partial charge in [0.05, 0.1) is 0 Å². The molecule has 0 fully saturated rings. The molecule has 2 atom stereocenters. The molecule has 0 saturated carbocycles. The van der Waals surface area contributed by atoms with Crippen molar-refractivity contribution in [3.63, 3.8) is 0 Å². The molecule has 0 N–H and O–H groups in total. The van der Waals surface area contributed by atoms with Gasteiger partial charge in [0.1, 0.15) is 0 Å². The van der Waals surface area contributed by atoms with Crippen LogP contribution >= 0.6 is 39.0 Å². The predicted molar refractivity (Wildman–Crippen MR) is 38.8 cm³/mol. The van der Waals surface area contributed by atoms with E-state index < -0.39 is 0 Å². The molecule has 28 valence electrons. The minimum Gasteiger partial charge on any atom is -0.0585 e. The first-order valence-electron chi connectivity index (χ1n) is 1.15. The molecule has 0 aromatic heterocycles. The van der Waals surface area contributed by atoms with Gasteiger partial charge in [-0.3, -0.25) is 0 Å². The molecule has 1 heterocycles. The summed E-state index contributed by atoms with van der Waals surface area (Å²) in [5.74, 6) is 0. The van der Waals surface area contributed by atoms with Crippen LogP contribution in [0.3, 0.4) is 0 Å². The molecule has 1 aliphatic heterocycles. The van der Waals surface area contributed by atoms with Gasteiger partial charge in [-0.25, -0.2) is 0 Å². The molecule has 2 unspecified atom stereocenters. The minimum atomic E-state index is 1.31. The highest BCUT2D eigenvalue weighted by molar-refractivity contribution is 8.82. The standard InChI is InChI=1S/H3P5/c1-2-4-5-3-1/h1-3H. The van der Waals surface area contributed by atoms with E-state index in [2.05, 4.69) is 0 Å². The molecule has 0 spiro atoms. The van der Waals surface area contributed by atoms with Crippen LogP contribution in [0.4, 0.5) is 0 Å². The van der Waals surface area contributed by atoms with E-state index in [4.69, 9.17) is 0 Å². The van der Waals surface area contributed by atoms with E-state index in [1.165, 1.54) is 23.9 Å². The zero-order valence-corrected chi connectivity index (χ0v) is 7.18. The van der Waals surface area contributed by atoms with Crippen molar-refractivity contribution >= 4 is 39.0 Å². The van der Waals surface area contributed by atoms with Crippen LogP contribution in [-0.4, -0.2) is 0 Å². The third kappa shape index (κ3) is 1.88. The first-order valence-corrected chi connectivity index (χ1v) is 10.3. The molecule has 0 aromatic rings. The summed E-state index contributed by atoms with van der Waals surface area (Å²) < 4.78 is 0. The van der Waals surface area contributed by atoms with E-state index in [9.17, 15) is 0 Å². The third-order valence-corrected chi connectivity index (χ3v) is 21.2. The molecule has 5 heavy (non-hydrogen) atoms. The van der Waals surface area contributed by atoms with E-state index in [1.807, 2.05) is 0 Å². The van der Waals surface area contributed by atoms with Crippen LogP contribution < -0.4 is 0 Å². The van der Waals surface area contributed by atoms with Crippen LogP contribution in [-0.2, 0) is 0 Å². The predicted octanol–water partition coefficient (Wildman–Crippen LogP) is 3.50. The number of rotatable bonds is 0. The van der Waals surface area contributed by atoms with Crippen molar-refractivity contribution in [2.75, 3.05) is 0 Å². The normalized spacial score (nSPS) is 41.6. The summed E-state index contributed by atoms with van der Waals surface area (Å²) in [6.45, 7) is 0. The lowest BCUT2D eigenvalue weighted by Gasteiger charge is -1.69. The van der Waals surface area contributed by atoms with Gasteiger partial charge in [0.2, 0.25) is 0 Å². The second kappa shape index (κ2) is 2.97. The van der Waals surface area contributed by atoms with Gasteiger partial charge in [0.25, 0.3) is 0 Å². The van der Waals surface area contributed by atoms with Gasteiger partial charge in [-0.15, -0.1) is 0 Å². The molecule has 0 saturated heterocycles. The summed E-state index contributed by atoms with van der Waals surface area (Å²) in [6.07, 6.45) is 0. The van der Waals surface area contributed by atoms with Crippen molar-refractivity contribution in [2.45, 2.75) is 0 Å². The molecular weight excluding hydrogens is 155 g/mol. The second-order valence-corrected chi connectivity index (χ2v) is 14.8. The fraction of sp³-hybridized carbons (Fsp3) is 0. The number of hydrogen-bond acceptors (Lipinski definition) is 0. The maximum atomic E-state index is 1.72. The highest BCUT2D eigenvalue weighted by Gasteiger charge is 1.85. The van der Waals surface area contributed by atoms with Gasteiger partial charge < -0.3 is 0 Å². The average Bonchev–Trinajstić information content (AvgIpc) is 1.76. The van der Waals surface area contributed by atoms with Crippen LogP contribution in [0, 0.1) is 0 Å². The van der Waals surface area contributed by atoms with Crippen LogP contribution in [0.1, 0.15) is 0 Å². The van der Waals surface area contributed by atoms with Gasteiger partial charge in [0, 0.05) is 0 Å². The van der Waals surface area contributed by atoms with Gasteiger partial charge in [-0.1, -0.05) is 7.96 Å². The summed E-state index contributed by atoms with van der Waals surface area (Å²) in [4.78, 5) is 0. The quantitative estimate of drug-likeness (QED) is 0.473. The lowest BCUT2D eigenvalue weighted by atomic mass is 29.3. The van der Waals surface area contributed by atoms with Gasteiger partial charge in [-0.2, -0.15) is 0 Å². The minimum absolute atomic E-state index is 1.31. The largest absolute Gasteiger partial charge is 0.0585 e. The topological polar surface area (TPSA) is 0 Å². The van der Waals surface area contributed by atoms with Gasteiger partial charge >= 0.3 is 0 Å². The Morgan fingerprint density at radius 1 is 1.00 bits per heavy atom. The summed E-state index contributed by atoms with van der Waals surface area (Å²) in [5, 5.41) is 0. The van der Waals surface area contributed by atoms with Crippen LogP contribution in [0.15, 0.2) is 0 Å². The summed E-state index contributed by atoms with van der Waals surface area (Å²) in [7, 11) is 7.39. The van der Waals surface area contributed by atoms with Crippen molar-refractivity contribution in [1.82, 2.24) is 0 Å². The molecule has 0 nitrogen and oxygen atoms in total. The van der Waals surface area contributed by atoms with Gasteiger partial charge in [0.15, 0.2) is 0 Å². The second-order valence-electron chi connectivity index (χ2n) is 0.549. The molecule has 0 amide bonds. The first kappa shape index (κ1) is 5.04. The highest BCUT2D eigenvalue weighted by atomic mass is 32.9. The number of hydrogen-bond donors (Lipinski definition) is 0. The molecule has 0 bridgehead atoms. The Morgan fingerprint density at radius 2 is 1.60 bits per heavy atom. The van der Waals surface area contributed by atoms with Crippen molar-refractivity contribution in [3.05, 3.63) is 0 Å². The van der Waals surface area contributed by atoms with Crippen molar-refractivity contribution in [3.8, 4) is 0 Å². The zero-order chi connectivity index (χ0) is 3.54. The van der Waals surface area contributed by atoms with Crippen LogP contribution in [0.2, 0.25) is 0 Å². The molecular formula is H3P5. The highest BCUT2D eigenvalue weighted by Crippen LogP contribution is 2.76. The lowest BCUT2D eigenvalue weighted by molar-refractivity contribution is 5.28. The fourth-order valence-corrected chi connectivity index (χ4v) is 30.4.